The van der Waals surface area contributed by atoms with Crippen molar-refractivity contribution in [3.8, 4) is 5.19 Å². The van der Waals surface area contributed by atoms with Gasteiger partial charge >= 0.3 is 0 Å². The van der Waals surface area contributed by atoms with Gasteiger partial charge in [0.25, 0.3) is 5.19 Å². The number of hydrogen-bond donors (Lipinski definition) is 2. The van der Waals surface area contributed by atoms with Crippen LogP contribution in [0.1, 0.15) is 22.7 Å². The lowest BCUT2D eigenvalue weighted by Gasteiger charge is -2.33. The Morgan fingerprint density at radius 2 is 2.47 bits per heavy atom. The highest BCUT2D eigenvalue weighted by Crippen LogP contribution is 2.39. The number of likely N-dealkylation sites (N-methyl/N-ethyl adjacent to an activating group) is 1. The molecule has 0 saturated heterocycles. The minimum atomic E-state index is -0.478. The molecular formula is C9H15N3O2S. The molecule has 1 aliphatic rings. The third kappa shape index (κ3) is 1.74. The number of methoxy groups -OCH3 is 1. The third-order valence-corrected chi connectivity index (χ3v) is 3.80. The molecule has 2 rings (SSSR count). The molecule has 84 valence electrons. The Labute approximate surface area is 92.5 Å². The number of aromatic nitrogens is 1. The van der Waals surface area contributed by atoms with Crippen LogP contribution < -0.4 is 10.5 Å². The van der Waals surface area contributed by atoms with Gasteiger partial charge in [-0.15, -0.1) is 0 Å². The van der Waals surface area contributed by atoms with Crippen molar-refractivity contribution in [2.45, 2.75) is 12.1 Å². The molecule has 0 radical (unpaired) electrons. The van der Waals surface area contributed by atoms with Gasteiger partial charge in [-0.25, -0.2) is 4.98 Å². The van der Waals surface area contributed by atoms with Gasteiger partial charge in [0, 0.05) is 13.1 Å². The van der Waals surface area contributed by atoms with Gasteiger partial charge in [-0.1, -0.05) is 11.3 Å². The predicted octanol–water partition coefficient (Wildman–Crippen LogP) is 0.130. The lowest BCUT2D eigenvalue weighted by atomic mass is 10.0. The maximum absolute atomic E-state index is 9.89. The number of aliphatic hydroxyl groups is 1. The van der Waals surface area contributed by atoms with E-state index in [2.05, 4.69) is 4.98 Å². The summed E-state index contributed by atoms with van der Waals surface area (Å²) in [6, 6.07) is 0.0866. The molecule has 6 heteroatoms. The molecular weight excluding hydrogens is 214 g/mol. The van der Waals surface area contributed by atoms with Crippen LogP contribution in [0.4, 0.5) is 0 Å². The number of fused-ring (bicyclic) bond motifs is 1. The normalized spacial score (nSPS) is 26.4. The number of hydrogen-bond acceptors (Lipinski definition) is 6. The summed E-state index contributed by atoms with van der Waals surface area (Å²) in [5, 5.41) is 10.5. The Kier molecular flexibility index (Phi) is 2.92. The van der Waals surface area contributed by atoms with Crippen LogP contribution in [0.3, 0.4) is 0 Å². The van der Waals surface area contributed by atoms with E-state index in [0.29, 0.717) is 18.3 Å². The van der Waals surface area contributed by atoms with E-state index in [-0.39, 0.29) is 6.04 Å². The lowest BCUT2D eigenvalue weighted by molar-refractivity contribution is 0.0876. The van der Waals surface area contributed by atoms with Crippen molar-refractivity contribution < 1.29 is 9.84 Å². The average molecular weight is 229 g/mol. The second kappa shape index (κ2) is 4.05. The molecule has 1 aliphatic heterocycles. The van der Waals surface area contributed by atoms with Gasteiger partial charge in [0.15, 0.2) is 0 Å². The molecule has 2 unspecified atom stereocenters. The molecule has 15 heavy (non-hydrogen) atoms. The van der Waals surface area contributed by atoms with Gasteiger partial charge in [-0.05, 0) is 7.05 Å². The monoisotopic (exact) mass is 229 g/mol. The summed E-state index contributed by atoms with van der Waals surface area (Å²) in [5.41, 5.74) is 6.57. The van der Waals surface area contributed by atoms with Crippen LogP contribution in [0.2, 0.25) is 0 Å². The van der Waals surface area contributed by atoms with E-state index >= 15 is 0 Å². The first kappa shape index (κ1) is 10.8. The largest absolute Gasteiger partial charge is 0.473 e. The van der Waals surface area contributed by atoms with Crippen LogP contribution >= 0.6 is 11.3 Å². The van der Waals surface area contributed by atoms with Gasteiger partial charge in [0.2, 0.25) is 0 Å². The van der Waals surface area contributed by atoms with E-state index in [1.54, 1.807) is 7.11 Å². The molecule has 0 aliphatic carbocycles. The van der Waals surface area contributed by atoms with E-state index in [1.165, 1.54) is 11.3 Å². The smallest absolute Gasteiger partial charge is 0.273 e. The van der Waals surface area contributed by atoms with Gasteiger partial charge in [-0.3, -0.25) is 4.90 Å². The van der Waals surface area contributed by atoms with Crippen molar-refractivity contribution >= 4 is 11.3 Å². The molecule has 1 aromatic heterocycles. The molecule has 0 saturated carbocycles. The first-order chi connectivity index (χ1) is 7.17. The zero-order chi connectivity index (χ0) is 11.0. The zero-order valence-corrected chi connectivity index (χ0v) is 9.62. The Morgan fingerprint density at radius 3 is 3.07 bits per heavy atom. The molecule has 0 bridgehead atoms. The van der Waals surface area contributed by atoms with Crippen LogP contribution in [-0.2, 0) is 0 Å². The quantitative estimate of drug-likeness (QED) is 0.754. The molecule has 1 aromatic rings. The molecule has 2 heterocycles. The van der Waals surface area contributed by atoms with Crippen molar-refractivity contribution in [2.24, 2.45) is 5.73 Å². The van der Waals surface area contributed by atoms with E-state index in [1.807, 2.05) is 11.9 Å². The van der Waals surface area contributed by atoms with Gasteiger partial charge in [0.05, 0.1) is 23.7 Å². The highest BCUT2D eigenvalue weighted by Gasteiger charge is 2.33. The van der Waals surface area contributed by atoms with E-state index < -0.39 is 6.10 Å². The predicted molar refractivity (Wildman–Crippen MR) is 58.1 cm³/mol. The minimum Gasteiger partial charge on any atom is -0.473 e. The number of nitrogens with zero attached hydrogens (tertiary/aromatic N) is 2. The molecule has 5 nitrogen and oxygen atoms in total. The first-order valence-corrected chi connectivity index (χ1v) is 5.62. The Hall–Kier alpha value is -0.690. The molecule has 0 amide bonds. The Balaban J connectivity index is 2.42. The number of thiazole rings is 1. The fourth-order valence-electron chi connectivity index (χ4n) is 1.87. The van der Waals surface area contributed by atoms with Crippen molar-refractivity contribution in [2.75, 3.05) is 27.2 Å². The van der Waals surface area contributed by atoms with Crippen LogP contribution in [0.5, 0.6) is 5.19 Å². The molecule has 2 atom stereocenters. The second-order valence-corrected chi connectivity index (χ2v) is 4.63. The molecule has 0 spiro atoms. The first-order valence-electron chi connectivity index (χ1n) is 4.80. The summed E-state index contributed by atoms with van der Waals surface area (Å²) in [5.74, 6) is 0. The summed E-state index contributed by atoms with van der Waals surface area (Å²) < 4.78 is 5.08. The van der Waals surface area contributed by atoms with Crippen LogP contribution in [0, 0.1) is 0 Å². The van der Waals surface area contributed by atoms with E-state index in [9.17, 15) is 5.11 Å². The number of β-amino-alcohol motifs (C(OH)–C–C–N with tert-alkyl or cyclic N) is 1. The SMILES string of the molecule is COc1nc2c(s1)C(O)CN(C)C2CN. The number of aliphatic hydroxyl groups excluding tert-OH is 1. The number of ether oxygens (including phenoxy) is 1. The van der Waals surface area contributed by atoms with Crippen molar-refractivity contribution in [3.05, 3.63) is 10.6 Å². The summed E-state index contributed by atoms with van der Waals surface area (Å²) in [4.78, 5) is 7.25. The van der Waals surface area contributed by atoms with Gasteiger partial charge < -0.3 is 15.6 Å². The van der Waals surface area contributed by atoms with Crippen LogP contribution in [0.15, 0.2) is 0 Å². The third-order valence-electron chi connectivity index (χ3n) is 2.67. The maximum atomic E-state index is 9.89. The Bertz CT molecular complexity index is 355. The van der Waals surface area contributed by atoms with Crippen molar-refractivity contribution in [1.29, 1.82) is 0 Å². The fraction of sp³-hybridized carbons (Fsp3) is 0.667. The Morgan fingerprint density at radius 1 is 1.73 bits per heavy atom. The van der Waals surface area contributed by atoms with Crippen molar-refractivity contribution in [1.82, 2.24) is 9.88 Å². The van der Waals surface area contributed by atoms with Crippen LogP contribution in [-0.4, -0.2) is 42.2 Å². The maximum Gasteiger partial charge on any atom is 0.273 e. The minimum absolute atomic E-state index is 0.0866. The topological polar surface area (TPSA) is 71.6 Å². The van der Waals surface area contributed by atoms with Gasteiger partial charge in [0.1, 0.15) is 6.10 Å². The van der Waals surface area contributed by atoms with E-state index in [4.69, 9.17) is 10.5 Å². The van der Waals surface area contributed by atoms with E-state index in [0.717, 1.165) is 10.6 Å². The summed E-state index contributed by atoms with van der Waals surface area (Å²) in [6.45, 7) is 1.10. The summed E-state index contributed by atoms with van der Waals surface area (Å²) >= 11 is 1.40. The molecule has 0 aromatic carbocycles. The molecule has 0 fully saturated rings. The van der Waals surface area contributed by atoms with Gasteiger partial charge in [-0.2, -0.15) is 0 Å². The highest BCUT2D eigenvalue weighted by molar-refractivity contribution is 7.13. The lowest BCUT2D eigenvalue weighted by Crippen LogP contribution is -2.38. The fourth-order valence-corrected chi connectivity index (χ4v) is 2.78. The standard InChI is InChI=1S/C9H15N3O2S/c1-12-4-6(13)8-7(5(12)3-10)11-9(14-2)15-8/h5-6,13H,3-4,10H2,1-2H3. The number of nitrogens with two attached hydrogens (primary N) is 1. The van der Waals surface area contributed by atoms with Crippen molar-refractivity contribution in [3.63, 3.8) is 0 Å². The second-order valence-electron chi connectivity index (χ2n) is 3.64. The zero-order valence-electron chi connectivity index (χ0n) is 8.80. The summed E-state index contributed by atoms with van der Waals surface area (Å²) in [6.07, 6.45) is -0.478. The number of rotatable bonds is 2. The van der Waals surface area contributed by atoms with Crippen LogP contribution in [0.25, 0.3) is 0 Å². The average Bonchev–Trinajstić information content (AvgIpc) is 2.62. The summed E-state index contributed by atoms with van der Waals surface area (Å²) in [7, 11) is 3.52. The highest BCUT2D eigenvalue weighted by atomic mass is 32.1. The molecule has 3 N–H and O–H groups in total.